The standard InChI is InChI=1S/C15H20O4S/c1-3-6-12(9-10-15(16)17)13-7-5-8-14(11-13)20(18,19)4-2/h5,7-9,11H,3-4,6,10H2,1-2H3,(H,16,17)/b12-9+. The molecule has 5 heteroatoms. The Morgan fingerprint density at radius 2 is 2.00 bits per heavy atom. The summed E-state index contributed by atoms with van der Waals surface area (Å²) >= 11 is 0. The Morgan fingerprint density at radius 3 is 2.55 bits per heavy atom. The normalized spacial score (nSPS) is 12.4. The van der Waals surface area contributed by atoms with Crippen molar-refractivity contribution in [3.05, 3.63) is 35.9 Å². The van der Waals surface area contributed by atoms with Crippen LogP contribution in [0.5, 0.6) is 0 Å². The Bertz CT molecular complexity index is 600. The van der Waals surface area contributed by atoms with Gasteiger partial charge in [0.15, 0.2) is 9.84 Å². The summed E-state index contributed by atoms with van der Waals surface area (Å²) < 4.78 is 23.8. The number of hydrogen-bond acceptors (Lipinski definition) is 3. The van der Waals surface area contributed by atoms with Crippen LogP contribution in [0.15, 0.2) is 35.2 Å². The van der Waals surface area contributed by atoms with Gasteiger partial charge < -0.3 is 5.11 Å². The lowest BCUT2D eigenvalue weighted by Crippen LogP contribution is -2.04. The lowest BCUT2D eigenvalue weighted by Gasteiger charge is -2.09. The van der Waals surface area contributed by atoms with E-state index in [2.05, 4.69) is 0 Å². The van der Waals surface area contributed by atoms with Gasteiger partial charge in [-0.1, -0.05) is 38.5 Å². The predicted octanol–water partition coefficient (Wildman–Crippen LogP) is 3.14. The number of hydrogen-bond donors (Lipinski definition) is 1. The van der Waals surface area contributed by atoms with E-state index in [0.29, 0.717) is 0 Å². The van der Waals surface area contributed by atoms with Gasteiger partial charge in [-0.05, 0) is 29.7 Å². The van der Waals surface area contributed by atoms with Gasteiger partial charge in [-0.3, -0.25) is 4.79 Å². The second-order valence-corrected chi connectivity index (χ2v) is 6.79. The van der Waals surface area contributed by atoms with Crippen LogP contribution in [0.2, 0.25) is 0 Å². The fraction of sp³-hybridized carbons (Fsp3) is 0.400. The van der Waals surface area contributed by atoms with Gasteiger partial charge >= 0.3 is 5.97 Å². The highest BCUT2D eigenvalue weighted by Gasteiger charge is 2.12. The number of sulfone groups is 1. The maximum Gasteiger partial charge on any atom is 0.307 e. The van der Waals surface area contributed by atoms with Crippen LogP contribution in [0.3, 0.4) is 0 Å². The van der Waals surface area contributed by atoms with E-state index in [1.807, 2.05) is 13.0 Å². The molecule has 20 heavy (non-hydrogen) atoms. The first-order valence-electron chi connectivity index (χ1n) is 6.64. The second kappa shape index (κ2) is 7.24. The molecule has 0 saturated carbocycles. The molecule has 1 rings (SSSR count). The van der Waals surface area contributed by atoms with Crippen molar-refractivity contribution < 1.29 is 18.3 Å². The van der Waals surface area contributed by atoms with Crippen LogP contribution in [0.1, 0.15) is 38.7 Å². The van der Waals surface area contributed by atoms with Gasteiger partial charge in [0.05, 0.1) is 17.1 Å². The van der Waals surface area contributed by atoms with E-state index in [1.165, 1.54) is 0 Å². The Hall–Kier alpha value is -1.62. The molecular formula is C15H20O4S. The zero-order valence-electron chi connectivity index (χ0n) is 11.8. The van der Waals surface area contributed by atoms with Crippen molar-refractivity contribution in [2.75, 3.05) is 5.75 Å². The van der Waals surface area contributed by atoms with Crippen molar-refractivity contribution in [2.24, 2.45) is 0 Å². The van der Waals surface area contributed by atoms with Crippen molar-refractivity contribution in [2.45, 2.75) is 38.0 Å². The number of benzene rings is 1. The number of rotatable bonds is 7. The summed E-state index contributed by atoms with van der Waals surface area (Å²) in [6.45, 7) is 3.61. The largest absolute Gasteiger partial charge is 0.481 e. The van der Waals surface area contributed by atoms with Crippen LogP contribution >= 0.6 is 0 Å². The number of carboxylic acid groups (broad SMARTS) is 1. The summed E-state index contributed by atoms with van der Waals surface area (Å²) in [4.78, 5) is 11.0. The minimum Gasteiger partial charge on any atom is -0.481 e. The van der Waals surface area contributed by atoms with Crippen molar-refractivity contribution in [3.8, 4) is 0 Å². The van der Waals surface area contributed by atoms with E-state index < -0.39 is 15.8 Å². The summed E-state index contributed by atoms with van der Waals surface area (Å²) in [6.07, 6.45) is 3.20. The minimum absolute atomic E-state index is 0.0540. The third-order valence-corrected chi connectivity index (χ3v) is 4.72. The topological polar surface area (TPSA) is 71.4 Å². The molecule has 0 aliphatic carbocycles. The highest BCUT2D eigenvalue weighted by Crippen LogP contribution is 2.23. The first-order chi connectivity index (χ1) is 9.40. The van der Waals surface area contributed by atoms with E-state index >= 15 is 0 Å². The quantitative estimate of drug-likeness (QED) is 0.839. The van der Waals surface area contributed by atoms with Gasteiger partial charge in [-0.25, -0.2) is 8.42 Å². The fourth-order valence-corrected chi connectivity index (χ4v) is 2.83. The van der Waals surface area contributed by atoms with Crippen LogP contribution in [0, 0.1) is 0 Å². The second-order valence-electron chi connectivity index (χ2n) is 4.51. The van der Waals surface area contributed by atoms with Gasteiger partial charge in [0.2, 0.25) is 0 Å². The molecule has 110 valence electrons. The van der Waals surface area contributed by atoms with Crippen LogP contribution < -0.4 is 0 Å². The summed E-state index contributed by atoms with van der Waals surface area (Å²) in [5.41, 5.74) is 1.66. The molecule has 1 aromatic carbocycles. The molecule has 0 saturated heterocycles. The third kappa shape index (κ3) is 4.49. The van der Waals surface area contributed by atoms with E-state index in [1.54, 1.807) is 31.2 Å². The van der Waals surface area contributed by atoms with E-state index in [0.717, 1.165) is 24.0 Å². The number of carbonyl (C=O) groups is 1. The van der Waals surface area contributed by atoms with Crippen LogP contribution in [-0.2, 0) is 14.6 Å². The van der Waals surface area contributed by atoms with Crippen molar-refractivity contribution in [3.63, 3.8) is 0 Å². The molecule has 0 unspecified atom stereocenters. The first-order valence-corrected chi connectivity index (χ1v) is 8.30. The molecule has 0 aromatic heterocycles. The lowest BCUT2D eigenvalue weighted by molar-refractivity contribution is -0.135. The number of aliphatic carboxylic acids is 1. The van der Waals surface area contributed by atoms with E-state index in [9.17, 15) is 13.2 Å². The highest BCUT2D eigenvalue weighted by molar-refractivity contribution is 7.91. The molecule has 0 amide bonds. The molecule has 4 nitrogen and oxygen atoms in total. The molecule has 0 bridgehead atoms. The Kier molecular flexibility index (Phi) is 5.95. The monoisotopic (exact) mass is 296 g/mol. The summed E-state index contributed by atoms with van der Waals surface area (Å²) in [6, 6.07) is 6.71. The smallest absolute Gasteiger partial charge is 0.307 e. The zero-order valence-corrected chi connectivity index (χ0v) is 12.6. The molecule has 0 heterocycles. The lowest BCUT2D eigenvalue weighted by atomic mass is 10.0. The molecular weight excluding hydrogens is 276 g/mol. The molecule has 0 radical (unpaired) electrons. The van der Waals surface area contributed by atoms with Gasteiger partial charge in [0.25, 0.3) is 0 Å². The average molecular weight is 296 g/mol. The molecule has 1 N–H and O–H groups in total. The molecule has 0 fully saturated rings. The Balaban J connectivity index is 3.19. The molecule has 0 aliphatic heterocycles. The minimum atomic E-state index is -3.24. The Morgan fingerprint density at radius 1 is 1.30 bits per heavy atom. The zero-order chi connectivity index (χ0) is 15.2. The van der Waals surface area contributed by atoms with Crippen molar-refractivity contribution in [1.29, 1.82) is 0 Å². The first kappa shape index (κ1) is 16.4. The Labute approximate surface area is 120 Å². The summed E-state index contributed by atoms with van der Waals surface area (Å²) in [5, 5.41) is 8.76. The number of carboxylic acids is 1. The maximum absolute atomic E-state index is 11.9. The maximum atomic E-state index is 11.9. The third-order valence-electron chi connectivity index (χ3n) is 2.99. The van der Waals surface area contributed by atoms with Crippen molar-refractivity contribution in [1.82, 2.24) is 0 Å². The van der Waals surface area contributed by atoms with Gasteiger partial charge in [0.1, 0.15) is 0 Å². The molecule has 0 atom stereocenters. The SMILES string of the molecule is CCC/C(=C\CC(=O)O)c1cccc(S(=O)(=O)CC)c1. The van der Waals surface area contributed by atoms with Gasteiger partial charge in [-0.2, -0.15) is 0 Å². The van der Waals surface area contributed by atoms with Crippen molar-refractivity contribution >= 4 is 21.4 Å². The molecule has 1 aromatic rings. The van der Waals surface area contributed by atoms with Crippen LogP contribution in [0.4, 0.5) is 0 Å². The fourth-order valence-electron chi connectivity index (χ4n) is 1.90. The van der Waals surface area contributed by atoms with Crippen LogP contribution in [-0.4, -0.2) is 25.2 Å². The summed E-state index contributed by atoms with van der Waals surface area (Å²) in [5.74, 6) is -0.839. The van der Waals surface area contributed by atoms with Crippen LogP contribution in [0.25, 0.3) is 5.57 Å². The molecule has 0 aliphatic rings. The van der Waals surface area contributed by atoms with Gasteiger partial charge in [-0.15, -0.1) is 0 Å². The average Bonchev–Trinajstić information content (AvgIpc) is 2.43. The summed E-state index contributed by atoms with van der Waals surface area (Å²) in [7, 11) is -3.24. The van der Waals surface area contributed by atoms with E-state index in [-0.39, 0.29) is 17.1 Å². The predicted molar refractivity (Wildman–Crippen MR) is 79.3 cm³/mol. The number of allylic oxidation sites excluding steroid dienone is 1. The van der Waals surface area contributed by atoms with Gasteiger partial charge in [0, 0.05) is 0 Å². The van der Waals surface area contributed by atoms with E-state index in [4.69, 9.17) is 5.11 Å². The highest BCUT2D eigenvalue weighted by atomic mass is 32.2. The molecule has 0 spiro atoms.